The van der Waals surface area contributed by atoms with Crippen LogP contribution in [0.1, 0.15) is 63.4 Å². The summed E-state index contributed by atoms with van der Waals surface area (Å²) >= 11 is 0. The van der Waals surface area contributed by atoms with Gasteiger partial charge in [-0.15, -0.1) is 0 Å². The van der Waals surface area contributed by atoms with Crippen molar-refractivity contribution in [1.29, 1.82) is 0 Å². The summed E-state index contributed by atoms with van der Waals surface area (Å²) in [5.74, 6) is 2.01. The lowest BCUT2D eigenvalue weighted by molar-refractivity contribution is 0.176. The van der Waals surface area contributed by atoms with Gasteiger partial charge in [0.25, 0.3) is 0 Å². The van der Waals surface area contributed by atoms with Crippen LogP contribution >= 0.6 is 0 Å². The maximum atomic E-state index is 4.58. The molecule has 31 heavy (non-hydrogen) atoms. The van der Waals surface area contributed by atoms with Gasteiger partial charge in [-0.25, -0.2) is 0 Å². The van der Waals surface area contributed by atoms with E-state index in [1.54, 1.807) is 0 Å². The zero-order valence-corrected chi connectivity index (χ0v) is 18.9. The minimum Gasteiger partial charge on any atom is -0.256 e. The zero-order chi connectivity index (χ0) is 21.1. The smallest absolute Gasteiger partial charge is 0.115 e. The summed E-state index contributed by atoms with van der Waals surface area (Å²) < 4.78 is 0. The highest BCUT2D eigenvalue weighted by Gasteiger charge is 2.35. The minimum atomic E-state index is 0.344. The van der Waals surface area contributed by atoms with E-state index in [4.69, 9.17) is 0 Å². The average Bonchev–Trinajstić information content (AvgIpc) is 2.86. The molecular weight excluding hydrogens is 373 g/mol. The van der Waals surface area contributed by atoms with E-state index >= 15 is 0 Å². The second-order valence-corrected chi connectivity index (χ2v) is 10.2. The lowest BCUT2D eigenvalue weighted by atomic mass is 9.54. The van der Waals surface area contributed by atoms with E-state index in [-0.39, 0.29) is 0 Å². The number of hydrogen-bond acceptors (Lipinski definition) is 1. The van der Waals surface area contributed by atoms with Crippen molar-refractivity contribution in [3.05, 3.63) is 78.5 Å². The number of aromatic nitrogens is 1. The zero-order valence-electron chi connectivity index (χ0n) is 18.9. The second-order valence-electron chi connectivity index (χ2n) is 10.2. The molecule has 0 saturated heterocycles. The molecule has 2 aliphatic carbocycles. The highest BCUT2D eigenvalue weighted by atomic mass is 14.7. The third kappa shape index (κ3) is 4.49. The van der Waals surface area contributed by atoms with Crippen LogP contribution in [0.5, 0.6) is 0 Å². The van der Waals surface area contributed by atoms with Crippen molar-refractivity contribution in [3.8, 4) is 22.4 Å². The molecule has 0 amide bonds. The Morgan fingerprint density at radius 1 is 0.677 bits per heavy atom. The molecule has 1 heterocycles. The SMILES string of the molecule is BC1(c2ccc(-c3ccnc(-c4ccccc4)c3)cc2)CCC(C2CCCCC2)CC1. The summed E-state index contributed by atoms with van der Waals surface area (Å²) in [5, 5.41) is 0.344. The van der Waals surface area contributed by atoms with Crippen LogP contribution in [-0.4, -0.2) is 12.8 Å². The normalized spacial score (nSPS) is 24.7. The summed E-state index contributed by atoms with van der Waals surface area (Å²) in [4.78, 5) is 4.58. The molecule has 5 rings (SSSR count). The van der Waals surface area contributed by atoms with Gasteiger partial charge in [0.15, 0.2) is 0 Å². The van der Waals surface area contributed by atoms with Crippen molar-refractivity contribution in [2.24, 2.45) is 11.8 Å². The first-order valence-electron chi connectivity index (χ1n) is 12.3. The van der Waals surface area contributed by atoms with Gasteiger partial charge in [-0.1, -0.05) is 112 Å². The quantitative estimate of drug-likeness (QED) is 0.424. The van der Waals surface area contributed by atoms with Crippen LogP contribution < -0.4 is 0 Å². The van der Waals surface area contributed by atoms with Gasteiger partial charge in [0.1, 0.15) is 7.85 Å². The fourth-order valence-corrected chi connectivity index (χ4v) is 6.08. The molecule has 1 nitrogen and oxygen atoms in total. The van der Waals surface area contributed by atoms with Crippen molar-refractivity contribution in [1.82, 2.24) is 4.98 Å². The van der Waals surface area contributed by atoms with Crippen molar-refractivity contribution in [2.75, 3.05) is 0 Å². The first-order chi connectivity index (χ1) is 15.2. The molecule has 158 valence electrons. The van der Waals surface area contributed by atoms with Crippen LogP contribution in [0.25, 0.3) is 22.4 Å². The molecule has 2 saturated carbocycles. The van der Waals surface area contributed by atoms with Crippen molar-refractivity contribution in [3.63, 3.8) is 0 Å². The molecule has 0 N–H and O–H groups in total. The van der Waals surface area contributed by atoms with Gasteiger partial charge in [0, 0.05) is 11.8 Å². The van der Waals surface area contributed by atoms with Crippen LogP contribution in [0.15, 0.2) is 72.9 Å². The molecule has 1 aromatic heterocycles. The summed E-state index contributed by atoms with van der Waals surface area (Å²) in [7, 11) is 2.50. The van der Waals surface area contributed by atoms with E-state index in [2.05, 4.69) is 79.6 Å². The van der Waals surface area contributed by atoms with Gasteiger partial charge in [-0.05, 0) is 46.0 Å². The van der Waals surface area contributed by atoms with Gasteiger partial charge in [-0.2, -0.15) is 0 Å². The molecule has 0 atom stereocenters. The van der Waals surface area contributed by atoms with E-state index in [9.17, 15) is 0 Å². The van der Waals surface area contributed by atoms with Gasteiger partial charge >= 0.3 is 0 Å². The Morgan fingerprint density at radius 2 is 1.35 bits per heavy atom. The molecule has 0 spiro atoms. The van der Waals surface area contributed by atoms with Gasteiger partial charge in [0.2, 0.25) is 0 Å². The van der Waals surface area contributed by atoms with Crippen molar-refractivity contribution >= 4 is 7.85 Å². The predicted molar refractivity (Wildman–Crippen MR) is 134 cm³/mol. The molecule has 0 radical (unpaired) electrons. The topological polar surface area (TPSA) is 12.9 Å². The monoisotopic (exact) mass is 407 g/mol. The van der Waals surface area contributed by atoms with Crippen LogP contribution in [0, 0.1) is 11.8 Å². The number of benzene rings is 2. The molecule has 2 fully saturated rings. The summed E-state index contributed by atoms with van der Waals surface area (Å²) in [5.41, 5.74) is 6.25. The molecule has 3 aromatic rings. The maximum absolute atomic E-state index is 4.58. The Balaban J connectivity index is 1.29. The molecule has 0 aliphatic heterocycles. The molecule has 0 bridgehead atoms. The van der Waals surface area contributed by atoms with E-state index in [0.717, 1.165) is 17.5 Å². The molecule has 0 unspecified atom stereocenters. The molecule has 2 aliphatic rings. The average molecular weight is 407 g/mol. The van der Waals surface area contributed by atoms with Crippen LogP contribution in [0.3, 0.4) is 0 Å². The Bertz CT molecular complexity index is 981. The van der Waals surface area contributed by atoms with Crippen LogP contribution in [0.2, 0.25) is 0 Å². The van der Waals surface area contributed by atoms with Crippen molar-refractivity contribution < 1.29 is 0 Å². The number of pyridine rings is 1. The standard InChI is InChI=1S/C29H34BN/c30-29(18-15-24(16-19-29)22-7-3-1-4-8-22)27-13-11-23(12-14-27)26-17-20-31-28(21-26)25-9-5-2-6-10-25/h2,5-6,9-14,17,20-22,24H,1,3-4,7-8,15-16,18-19,30H2. The number of nitrogens with zero attached hydrogens (tertiary/aromatic N) is 1. The Labute approximate surface area is 188 Å². The van der Waals surface area contributed by atoms with Gasteiger partial charge in [0.05, 0.1) is 5.69 Å². The Hall–Kier alpha value is -2.35. The minimum absolute atomic E-state index is 0.344. The van der Waals surface area contributed by atoms with Crippen molar-refractivity contribution in [2.45, 2.75) is 63.1 Å². The van der Waals surface area contributed by atoms with E-state index < -0.39 is 0 Å². The fraction of sp³-hybridized carbons (Fsp3) is 0.414. The number of rotatable bonds is 4. The predicted octanol–water partition coefficient (Wildman–Crippen LogP) is 7.01. The maximum Gasteiger partial charge on any atom is 0.115 e. The third-order valence-electron chi connectivity index (χ3n) is 8.19. The van der Waals surface area contributed by atoms with Gasteiger partial charge < -0.3 is 0 Å². The molecular formula is C29H34BN. The van der Waals surface area contributed by atoms with Crippen LogP contribution in [-0.2, 0) is 5.31 Å². The lowest BCUT2D eigenvalue weighted by Gasteiger charge is -2.42. The third-order valence-corrected chi connectivity index (χ3v) is 8.19. The van der Waals surface area contributed by atoms with E-state index in [0.29, 0.717) is 5.31 Å². The number of hydrogen-bond donors (Lipinski definition) is 0. The Morgan fingerprint density at radius 3 is 2.06 bits per heavy atom. The summed E-state index contributed by atoms with van der Waals surface area (Å²) in [6.07, 6.45) is 14.9. The summed E-state index contributed by atoms with van der Waals surface area (Å²) in [6.45, 7) is 0. The molecule has 2 aromatic carbocycles. The first-order valence-corrected chi connectivity index (χ1v) is 12.3. The fourth-order valence-electron chi connectivity index (χ4n) is 6.08. The Kier molecular flexibility index (Phi) is 5.98. The highest BCUT2D eigenvalue weighted by molar-refractivity contribution is 6.16. The lowest BCUT2D eigenvalue weighted by Crippen LogP contribution is -2.34. The first kappa shape index (κ1) is 20.6. The molecule has 2 heteroatoms. The highest BCUT2D eigenvalue weighted by Crippen LogP contribution is 2.45. The van der Waals surface area contributed by atoms with E-state index in [1.807, 2.05) is 6.20 Å². The summed E-state index contributed by atoms with van der Waals surface area (Å²) in [6, 6.07) is 24.2. The van der Waals surface area contributed by atoms with Gasteiger partial charge in [-0.3, -0.25) is 4.98 Å². The van der Waals surface area contributed by atoms with Crippen LogP contribution in [0.4, 0.5) is 0 Å². The largest absolute Gasteiger partial charge is 0.256 e. The van der Waals surface area contributed by atoms with E-state index in [1.165, 1.54) is 80.0 Å². The second kappa shape index (κ2) is 9.03.